The molecule has 9 rings (SSSR count). The summed E-state index contributed by atoms with van der Waals surface area (Å²) in [5.41, 5.74) is -0.260. The molecule has 0 saturated carbocycles. The van der Waals surface area contributed by atoms with Crippen molar-refractivity contribution in [1.29, 1.82) is 15.8 Å². The Morgan fingerprint density at radius 1 is 0.562 bits per heavy atom. The standard InChI is InChI=1S/2C19H21N3O2.C13H18N2O.C6H5NO2/c2*1-18(2)15-6-8-22(17(24)13-5-4-7-21-11-13)12-19(15,3)9-14(10-20)16(18)23;1-12(2)10-4-5-15-8-13(10,3)6-9(7-14)11(12)16;8-6(9)5-2-1-3-7-4-5/h2*4-5,7,9,11,15H,6,8,12H2,1-3H3;6,10,15H,4-5,8H2,1-3H3;1-4H,(H,8,9)/t2*15-,19+;10-,13+;/m100./s1. The first-order chi connectivity index (χ1) is 34.3. The molecule has 16 nitrogen and oxygen atoms in total. The Bertz CT molecular complexity index is 2740. The molecule has 380 valence electrons. The van der Waals surface area contributed by atoms with Gasteiger partial charge in [0, 0.05) is 102 Å². The lowest BCUT2D eigenvalue weighted by molar-refractivity contribution is -0.132. The van der Waals surface area contributed by atoms with Gasteiger partial charge in [-0.05, 0) is 80.0 Å². The van der Waals surface area contributed by atoms with Gasteiger partial charge in [0.2, 0.25) is 0 Å². The highest BCUT2D eigenvalue weighted by atomic mass is 16.4. The van der Waals surface area contributed by atoms with Gasteiger partial charge in [-0.1, -0.05) is 80.5 Å². The highest BCUT2D eigenvalue weighted by Crippen LogP contribution is 2.54. The van der Waals surface area contributed by atoms with Crippen LogP contribution >= 0.6 is 0 Å². The number of pyridine rings is 3. The first-order valence-electron chi connectivity index (χ1n) is 24.6. The number of likely N-dealkylation sites (tertiary alicyclic amines) is 2. The Balaban J connectivity index is 0.000000167. The minimum atomic E-state index is -0.942. The van der Waals surface area contributed by atoms with Crippen LogP contribution in [0.2, 0.25) is 0 Å². The van der Waals surface area contributed by atoms with Crippen LogP contribution in [0.5, 0.6) is 0 Å². The summed E-state index contributed by atoms with van der Waals surface area (Å²) in [4.78, 5) is 88.1. The van der Waals surface area contributed by atoms with Gasteiger partial charge < -0.3 is 20.2 Å². The maximum atomic E-state index is 12.7. The van der Waals surface area contributed by atoms with Crippen molar-refractivity contribution in [2.75, 3.05) is 39.3 Å². The summed E-state index contributed by atoms with van der Waals surface area (Å²) in [5, 5.41) is 39.4. The van der Waals surface area contributed by atoms with Gasteiger partial charge in [0.15, 0.2) is 17.3 Å². The summed E-state index contributed by atoms with van der Waals surface area (Å²) in [6.45, 7) is 21.9. The predicted molar refractivity (Wildman–Crippen MR) is 270 cm³/mol. The van der Waals surface area contributed by atoms with E-state index in [1.165, 1.54) is 18.5 Å². The largest absolute Gasteiger partial charge is 0.478 e. The van der Waals surface area contributed by atoms with E-state index in [1.807, 2.05) is 83.4 Å². The van der Waals surface area contributed by atoms with Gasteiger partial charge >= 0.3 is 5.97 Å². The number of nitrogens with one attached hydrogen (secondary N) is 1. The summed E-state index contributed by atoms with van der Waals surface area (Å²) in [6.07, 6.45) is 17.2. The van der Waals surface area contributed by atoms with Crippen molar-refractivity contribution < 1.29 is 33.9 Å². The Hall–Kier alpha value is -7.48. The second kappa shape index (κ2) is 21.3. The van der Waals surface area contributed by atoms with E-state index in [-0.39, 0.29) is 74.0 Å². The van der Waals surface area contributed by atoms with Crippen molar-refractivity contribution in [2.24, 2.45) is 50.2 Å². The number of carboxylic acid groups (broad SMARTS) is 1. The highest BCUT2D eigenvalue weighted by Gasteiger charge is 2.56. The molecule has 6 aliphatic rings. The Morgan fingerprint density at radius 2 is 0.904 bits per heavy atom. The van der Waals surface area contributed by atoms with Crippen molar-refractivity contribution in [3.05, 3.63) is 125 Å². The number of nitrogens with zero attached hydrogens (tertiary/aromatic N) is 8. The van der Waals surface area contributed by atoms with Gasteiger partial charge in [0.25, 0.3) is 11.8 Å². The number of carboxylic acids is 1. The van der Waals surface area contributed by atoms with Gasteiger partial charge in [0.1, 0.15) is 18.2 Å². The lowest BCUT2D eigenvalue weighted by atomic mass is 9.55. The number of nitriles is 3. The smallest absolute Gasteiger partial charge is 0.337 e. The molecule has 3 aromatic rings. The number of rotatable bonds is 3. The third-order valence-electron chi connectivity index (χ3n) is 16.1. The Labute approximate surface area is 427 Å². The fourth-order valence-corrected chi connectivity index (χ4v) is 12.6. The van der Waals surface area contributed by atoms with Crippen molar-refractivity contribution in [2.45, 2.75) is 81.6 Å². The number of carbonyl (C=O) groups is 6. The molecule has 2 N–H and O–H groups in total. The number of aromatic carboxylic acids is 1. The van der Waals surface area contributed by atoms with E-state index < -0.39 is 22.2 Å². The van der Waals surface area contributed by atoms with Gasteiger partial charge in [0.05, 0.1) is 33.4 Å². The van der Waals surface area contributed by atoms with E-state index in [4.69, 9.17) is 10.4 Å². The molecule has 0 unspecified atom stereocenters. The topological polar surface area (TPSA) is 251 Å². The zero-order valence-corrected chi connectivity index (χ0v) is 43.2. The molecular weight excluding hydrogens is 923 g/mol. The number of aromatic nitrogens is 3. The fourth-order valence-electron chi connectivity index (χ4n) is 12.6. The number of amides is 2. The number of piperidine rings is 3. The second-order valence-electron chi connectivity index (χ2n) is 22.4. The molecule has 0 spiro atoms. The first kappa shape index (κ1) is 54.8. The number of fused-ring (bicyclic) bond motifs is 3. The zero-order valence-electron chi connectivity index (χ0n) is 43.2. The molecule has 3 aromatic heterocycles. The lowest BCUT2D eigenvalue weighted by Gasteiger charge is -2.52. The van der Waals surface area contributed by atoms with E-state index in [0.717, 1.165) is 32.4 Å². The molecule has 0 radical (unpaired) electrons. The van der Waals surface area contributed by atoms with Gasteiger partial charge in [-0.15, -0.1) is 0 Å². The molecule has 6 atom stereocenters. The monoisotopic (exact) mass is 988 g/mol. The van der Waals surface area contributed by atoms with Crippen LogP contribution in [0.25, 0.3) is 0 Å². The van der Waals surface area contributed by atoms with Gasteiger partial charge in [-0.2, -0.15) is 15.8 Å². The quantitative estimate of drug-likeness (QED) is 0.256. The fraction of sp³-hybridized carbons (Fsp3) is 0.474. The van der Waals surface area contributed by atoms with Crippen LogP contribution in [0.15, 0.2) is 109 Å². The van der Waals surface area contributed by atoms with Crippen LogP contribution in [-0.2, 0) is 14.4 Å². The SMILES string of the molecule is CC1(C)C(=O)C(C#N)=C[C@@]2(C)CN(C(=O)c3cccnc3)CC[C@H]12.CC1(C)C(=O)C(C#N)=C[C@]2(C)CN(C(=O)c3cccnc3)CC[C@@H]12.CC1(C)C(=O)C(C#N)=C[C@]2(C)CNCC[C@@H]12.O=C(O)c1cccnc1. The van der Waals surface area contributed by atoms with Crippen LogP contribution < -0.4 is 5.32 Å². The summed E-state index contributed by atoms with van der Waals surface area (Å²) in [6, 6.07) is 16.2. The molecule has 3 aliphatic carbocycles. The third-order valence-corrected chi connectivity index (χ3v) is 16.1. The third kappa shape index (κ3) is 11.0. The van der Waals surface area contributed by atoms with E-state index in [1.54, 1.807) is 67.3 Å². The zero-order chi connectivity index (χ0) is 53.7. The van der Waals surface area contributed by atoms with E-state index >= 15 is 0 Å². The summed E-state index contributed by atoms with van der Waals surface area (Å²) >= 11 is 0. The minimum absolute atomic E-state index is 0.0133. The van der Waals surface area contributed by atoms with Crippen molar-refractivity contribution >= 4 is 35.1 Å². The normalized spacial score (nSPS) is 28.1. The number of hydrogen-bond donors (Lipinski definition) is 2. The predicted octanol–water partition coefficient (Wildman–Crippen LogP) is 7.66. The van der Waals surface area contributed by atoms with Crippen LogP contribution in [0.3, 0.4) is 0 Å². The number of allylic oxidation sites excluding steroid dienone is 3. The minimum Gasteiger partial charge on any atom is -0.478 e. The average Bonchev–Trinajstić information content (AvgIpc) is 3.38. The number of hydrogen-bond acceptors (Lipinski definition) is 13. The molecule has 3 fully saturated rings. The maximum Gasteiger partial charge on any atom is 0.337 e. The van der Waals surface area contributed by atoms with Crippen molar-refractivity contribution in [3.8, 4) is 18.2 Å². The van der Waals surface area contributed by atoms with Crippen LogP contribution in [-0.4, -0.2) is 104 Å². The second-order valence-corrected chi connectivity index (χ2v) is 22.4. The summed E-state index contributed by atoms with van der Waals surface area (Å²) < 4.78 is 0. The highest BCUT2D eigenvalue weighted by molar-refractivity contribution is 6.05. The molecule has 6 heterocycles. The first-order valence-corrected chi connectivity index (χ1v) is 24.6. The van der Waals surface area contributed by atoms with Gasteiger partial charge in [-0.3, -0.25) is 38.9 Å². The lowest BCUT2D eigenvalue weighted by Crippen LogP contribution is -2.56. The molecule has 0 bridgehead atoms. The van der Waals surface area contributed by atoms with Crippen LogP contribution in [0.1, 0.15) is 113 Å². The molecule has 3 saturated heterocycles. The van der Waals surface area contributed by atoms with Crippen molar-refractivity contribution in [1.82, 2.24) is 30.1 Å². The summed E-state index contributed by atoms with van der Waals surface area (Å²) in [7, 11) is 0. The maximum absolute atomic E-state index is 12.7. The number of ketones is 3. The molecule has 0 aromatic carbocycles. The molecule has 3 aliphatic heterocycles. The Morgan fingerprint density at radius 3 is 1.22 bits per heavy atom. The van der Waals surface area contributed by atoms with E-state index in [9.17, 15) is 39.3 Å². The molecule has 2 amide bonds. The molecule has 16 heteroatoms. The molecule has 73 heavy (non-hydrogen) atoms. The molecular formula is C57H65N9O7. The van der Waals surface area contributed by atoms with Gasteiger partial charge in [-0.25, -0.2) is 4.79 Å². The van der Waals surface area contributed by atoms with Crippen LogP contribution in [0, 0.1) is 84.2 Å². The van der Waals surface area contributed by atoms with Crippen molar-refractivity contribution in [3.63, 3.8) is 0 Å². The number of carbonyl (C=O) groups excluding carboxylic acids is 5. The van der Waals surface area contributed by atoms with E-state index in [0.29, 0.717) is 48.8 Å². The number of Topliss-reactive ketones (excluding diaryl/α,β-unsaturated/α-hetero) is 3. The van der Waals surface area contributed by atoms with E-state index in [2.05, 4.69) is 33.3 Å². The summed E-state index contributed by atoms with van der Waals surface area (Å²) in [5.74, 6) is -0.624. The van der Waals surface area contributed by atoms with Crippen LogP contribution in [0.4, 0.5) is 0 Å². The Kier molecular flexibility index (Phi) is 16.0. The average molecular weight is 988 g/mol.